The third-order valence-electron chi connectivity index (χ3n) is 0.767. The maximum Gasteiger partial charge on any atom is 0.0124 e. The molecular formula is C4H11NS. The Kier molecular flexibility index (Phi) is 3.68. The Morgan fingerprint density at radius 2 is 2.33 bits per heavy atom. The maximum atomic E-state index is 4.03. The van der Waals surface area contributed by atoms with Crippen LogP contribution < -0.4 is 5.32 Å². The van der Waals surface area contributed by atoms with Crippen molar-refractivity contribution in [2.24, 2.45) is 0 Å². The monoisotopic (exact) mass is 105 g/mol. The van der Waals surface area contributed by atoms with Crippen LogP contribution in [0.1, 0.15) is 6.92 Å². The molecular weight excluding hydrogens is 94.1 g/mol. The van der Waals surface area contributed by atoms with Crippen molar-refractivity contribution in [2.45, 2.75) is 13.0 Å². The SMILES string of the molecule is CNC(C)CS. The first-order valence-corrected chi connectivity index (χ1v) is 2.72. The molecule has 1 atom stereocenters. The Morgan fingerprint density at radius 1 is 1.83 bits per heavy atom. The fourth-order valence-corrected chi connectivity index (χ4v) is 0.274. The Labute approximate surface area is 44.5 Å². The van der Waals surface area contributed by atoms with Gasteiger partial charge in [0.2, 0.25) is 0 Å². The summed E-state index contributed by atoms with van der Waals surface area (Å²) in [6, 6.07) is 0.549. The van der Waals surface area contributed by atoms with Gasteiger partial charge in [0, 0.05) is 11.8 Å². The highest BCUT2D eigenvalue weighted by Gasteiger charge is 1.87. The summed E-state index contributed by atoms with van der Waals surface area (Å²) in [5.74, 6) is 0.913. The van der Waals surface area contributed by atoms with E-state index in [0.29, 0.717) is 6.04 Å². The lowest BCUT2D eigenvalue weighted by atomic mass is 10.4. The summed E-state index contributed by atoms with van der Waals surface area (Å²) in [6.45, 7) is 2.09. The van der Waals surface area contributed by atoms with E-state index >= 15 is 0 Å². The number of thiol groups is 1. The molecule has 0 aromatic rings. The summed E-state index contributed by atoms with van der Waals surface area (Å²) >= 11 is 4.03. The molecule has 6 heavy (non-hydrogen) atoms. The minimum Gasteiger partial charge on any atom is -0.316 e. The fourth-order valence-electron chi connectivity index (χ4n) is 0.0913. The second kappa shape index (κ2) is 3.50. The van der Waals surface area contributed by atoms with Crippen LogP contribution in [0.3, 0.4) is 0 Å². The van der Waals surface area contributed by atoms with Crippen molar-refractivity contribution < 1.29 is 0 Å². The molecule has 0 aliphatic carbocycles. The largest absolute Gasteiger partial charge is 0.316 e. The van der Waals surface area contributed by atoms with Crippen LogP contribution in [-0.4, -0.2) is 18.8 Å². The molecule has 1 N–H and O–H groups in total. The molecule has 0 spiro atoms. The predicted octanol–water partition coefficient (Wildman–Crippen LogP) is 0.524. The van der Waals surface area contributed by atoms with Crippen molar-refractivity contribution in [3.05, 3.63) is 0 Å². The van der Waals surface area contributed by atoms with Crippen LogP contribution in [0.2, 0.25) is 0 Å². The van der Waals surface area contributed by atoms with E-state index in [9.17, 15) is 0 Å². The Hall–Kier alpha value is 0.310. The van der Waals surface area contributed by atoms with Gasteiger partial charge in [-0.25, -0.2) is 0 Å². The van der Waals surface area contributed by atoms with E-state index in [1.54, 1.807) is 0 Å². The Bertz CT molecular complexity index is 26.7. The lowest BCUT2D eigenvalue weighted by Gasteiger charge is -2.01. The molecule has 38 valence electrons. The van der Waals surface area contributed by atoms with E-state index in [0.717, 1.165) is 5.75 Å². The highest BCUT2D eigenvalue weighted by Crippen LogP contribution is 1.79. The van der Waals surface area contributed by atoms with Crippen molar-refractivity contribution in [1.29, 1.82) is 0 Å². The molecule has 1 unspecified atom stereocenters. The van der Waals surface area contributed by atoms with Crippen LogP contribution in [0, 0.1) is 0 Å². The van der Waals surface area contributed by atoms with Gasteiger partial charge in [0.15, 0.2) is 0 Å². The fraction of sp³-hybridized carbons (Fsp3) is 1.00. The van der Waals surface area contributed by atoms with Crippen LogP contribution in [-0.2, 0) is 0 Å². The van der Waals surface area contributed by atoms with E-state index < -0.39 is 0 Å². The molecule has 0 radical (unpaired) electrons. The quantitative estimate of drug-likeness (QED) is 0.488. The van der Waals surface area contributed by atoms with Gasteiger partial charge in [0.1, 0.15) is 0 Å². The predicted molar refractivity (Wildman–Crippen MR) is 32.4 cm³/mol. The van der Waals surface area contributed by atoms with Gasteiger partial charge in [0.05, 0.1) is 0 Å². The van der Waals surface area contributed by atoms with Crippen LogP contribution in [0.4, 0.5) is 0 Å². The highest BCUT2D eigenvalue weighted by atomic mass is 32.1. The first-order valence-electron chi connectivity index (χ1n) is 2.09. The second-order valence-corrected chi connectivity index (χ2v) is 1.74. The highest BCUT2D eigenvalue weighted by molar-refractivity contribution is 7.80. The van der Waals surface area contributed by atoms with Gasteiger partial charge in [-0.15, -0.1) is 0 Å². The number of hydrogen-bond acceptors (Lipinski definition) is 2. The third-order valence-corrected chi connectivity index (χ3v) is 1.31. The molecule has 0 bridgehead atoms. The molecule has 0 amide bonds. The van der Waals surface area contributed by atoms with Gasteiger partial charge >= 0.3 is 0 Å². The second-order valence-electron chi connectivity index (χ2n) is 1.37. The summed E-state index contributed by atoms with van der Waals surface area (Å²) < 4.78 is 0. The van der Waals surface area contributed by atoms with Gasteiger partial charge in [-0.3, -0.25) is 0 Å². The molecule has 0 aliphatic rings. The number of nitrogens with one attached hydrogen (secondary N) is 1. The molecule has 0 aromatic heterocycles. The van der Waals surface area contributed by atoms with E-state index in [2.05, 4.69) is 24.9 Å². The van der Waals surface area contributed by atoms with E-state index in [1.165, 1.54) is 0 Å². The molecule has 0 aliphatic heterocycles. The lowest BCUT2D eigenvalue weighted by molar-refractivity contribution is 0.679. The lowest BCUT2D eigenvalue weighted by Crippen LogP contribution is -2.22. The number of hydrogen-bond donors (Lipinski definition) is 2. The minimum absolute atomic E-state index is 0.549. The van der Waals surface area contributed by atoms with E-state index in [1.807, 2.05) is 7.05 Å². The summed E-state index contributed by atoms with van der Waals surface area (Å²) in [5.41, 5.74) is 0. The molecule has 0 rings (SSSR count). The van der Waals surface area contributed by atoms with Gasteiger partial charge in [0.25, 0.3) is 0 Å². The van der Waals surface area contributed by atoms with Crippen molar-refractivity contribution in [3.8, 4) is 0 Å². The zero-order chi connectivity index (χ0) is 4.99. The van der Waals surface area contributed by atoms with Crippen LogP contribution in [0.5, 0.6) is 0 Å². The van der Waals surface area contributed by atoms with Crippen LogP contribution in [0.25, 0.3) is 0 Å². The number of rotatable bonds is 2. The van der Waals surface area contributed by atoms with Gasteiger partial charge in [-0.05, 0) is 14.0 Å². The molecule has 0 fully saturated rings. The smallest absolute Gasteiger partial charge is 0.0124 e. The molecule has 0 aromatic carbocycles. The topological polar surface area (TPSA) is 12.0 Å². The summed E-state index contributed by atoms with van der Waals surface area (Å²) in [6.07, 6.45) is 0. The Balaban J connectivity index is 2.75. The summed E-state index contributed by atoms with van der Waals surface area (Å²) in [5, 5.41) is 3.04. The molecule has 1 nitrogen and oxygen atoms in total. The Morgan fingerprint density at radius 3 is 2.33 bits per heavy atom. The first-order chi connectivity index (χ1) is 2.81. The van der Waals surface area contributed by atoms with Crippen molar-refractivity contribution >= 4 is 12.6 Å². The van der Waals surface area contributed by atoms with Crippen molar-refractivity contribution in [3.63, 3.8) is 0 Å². The molecule has 2 heteroatoms. The third kappa shape index (κ3) is 2.54. The summed E-state index contributed by atoms with van der Waals surface area (Å²) in [4.78, 5) is 0. The van der Waals surface area contributed by atoms with Gasteiger partial charge in [-0.1, -0.05) is 0 Å². The van der Waals surface area contributed by atoms with Crippen molar-refractivity contribution in [2.75, 3.05) is 12.8 Å². The molecule has 0 heterocycles. The van der Waals surface area contributed by atoms with Crippen LogP contribution in [0.15, 0.2) is 0 Å². The summed E-state index contributed by atoms with van der Waals surface area (Å²) in [7, 11) is 1.93. The maximum absolute atomic E-state index is 4.03. The zero-order valence-electron chi connectivity index (χ0n) is 4.23. The van der Waals surface area contributed by atoms with E-state index in [4.69, 9.17) is 0 Å². The standard InChI is InChI=1S/C4H11NS/c1-4(3-6)5-2/h4-6H,3H2,1-2H3. The van der Waals surface area contributed by atoms with Gasteiger partial charge in [-0.2, -0.15) is 12.6 Å². The molecule has 0 saturated carbocycles. The first kappa shape index (κ1) is 6.31. The average molecular weight is 105 g/mol. The average Bonchev–Trinajstić information content (AvgIpc) is 1.65. The normalized spacial score (nSPS) is 14.5. The van der Waals surface area contributed by atoms with E-state index in [-0.39, 0.29) is 0 Å². The van der Waals surface area contributed by atoms with Crippen molar-refractivity contribution in [1.82, 2.24) is 5.32 Å². The zero-order valence-corrected chi connectivity index (χ0v) is 5.13. The molecule has 0 saturated heterocycles. The minimum atomic E-state index is 0.549. The van der Waals surface area contributed by atoms with Gasteiger partial charge < -0.3 is 5.32 Å². The van der Waals surface area contributed by atoms with Crippen LogP contribution >= 0.6 is 12.6 Å².